The summed E-state index contributed by atoms with van der Waals surface area (Å²) in [5, 5.41) is 9.34. The van der Waals surface area contributed by atoms with E-state index in [0.717, 1.165) is 12.1 Å². The molecule has 3 aromatic heterocycles. The Hall–Kier alpha value is -2.93. The Morgan fingerprint density at radius 3 is 2.48 bits per heavy atom. The Kier molecular flexibility index (Phi) is 4.91. The largest absolute Gasteiger partial charge is 0.416 e. The van der Waals surface area contributed by atoms with E-state index < -0.39 is 27.0 Å². The number of nitrogens with zero attached hydrogens (tertiary/aromatic N) is 4. The lowest BCUT2D eigenvalue weighted by atomic mass is 9.87. The first-order chi connectivity index (χ1) is 13.4. The average Bonchev–Trinajstić information content (AvgIpc) is 3.10. The van der Waals surface area contributed by atoms with Crippen molar-refractivity contribution < 1.29 is 21.6 Å². The number of halogens is 3. The maximum absolute atomic E-state index is 12.9. The van der Waals surface area contributed by atoms with E-state index in [1.807, 2.05) is 0 Å². The van der Waals surface area contributed by atoms with E-state index in [2.05, 4.69) is 16.0 Å². The highest BCUT2D eigenvalue weighted by Gasteiger charge is 2.31. The summed E-state index contributed by atoms with van der Waals surface area (Å²) in [5.74, 6) is -0.205. The minimum absolute atomic E-state index is 0.0119. The number of imidazole rings is 1. The average molecular weight is 422 g/mol. The maximum Gasteiger partial charge on any atom is 0.416 e. The number of alkyl halides is 3. The Morgan fingerprint density at radius 1 is 1.21 bits per heavy atom. The zero-order valence-electron chi connectivity index (χ0n) is 15.8. The van der Waals surface area contributed by atoms with Crippen molar-refractivity contribution in [1.29, 1.82) is 5.26 Å². The van der Waals surface area contributed by atoms with E-state index in [0.29, 0.717) is 5.56 Å². The minimum atomic E-state index is -4.52. The highest BCUT2D eigenvalue weighted by molar-refractivity contribution is 7.91. The van der Waals surface area contributed by atoms with Gasteiger partial charge >= 0.3 is 6.18 Å². The van der Waals surface area contributed by atoms with E-state index in [1.165, 1.54) is 36.0 Å². The predicted molar refractivity (Wildman–Crippen MR) is 99.8 cm³/mol. The molecule has 0 aromatic carbocycles. The van der Waals surface area contributed by atoms with Gasteiger partial charge in [-0.05, 0) is 37.6 Å². The van der Waals surface area contributed by atoms with Crippen LogP contribution in [0, 0.1) is 11.3 Å². The summed E-state index contributed by atoms with van der Waals surface area (Å²) in [4.78, 5) is 8.25. The number of aromatic nitrogens is 3. The number of sulfone groups is 1. The van der Waals surface area contributed by atoms with Gasteiger partial charge in [-0.3, -0.25) is 4.98 Å². The van der Waals surface area contributed by atoms with Gasteiger partial charge in [0.15, 0.2) is 9.84 Å². The third-order valence-corrected chi connectivity index (χ3v) is 6.34. The van der Waals surface area contributed by atoms with E-state index >= 15 is 0 Å². The van der Waals surface area contributed by atoms with E-state index in [9.17, 15) is 26.9 Å². The molecule has 0 atom stereocenters. The van der Waals surface area contributed by atoms with Crippen molar-refractivity contribution in [3.05, 3.63) is 47.9 Å². The maximum atomic E-state index is 12.9. The molecule has 3 heterocycles. The molecule has 0 radical (unpaired) electrons. The van der Waals surface area contributed by atoms with Crippen molar-refractivity contribution in [1.82, 2.24) is 14.4 Å². The van der Waals surface area contributed by atoms with Gasteiger partial charge in [-0.1, -0.05) is 6.92 Å². The molecule has 0 saturated heterocycles. The van der Waals surface area contributed by atoms with Crippen LogP contribution in [0.5, 0.6) is 0 Å². The predicted octanol–water partition coefficient (Wildman–Crippen LogP) is 4.01. The molecule has 6 nitrogen and oxygen atoms in total. The molecule has 0 aliphatic rings. The number of nitriles is 1. The number of rotatable bonds is 4. The number of fused-ring (bicyclic) bond motifs is 1. The van der Waals surface area contributed by atoms with Crippen molar-refractivity contribution in [3.63, 3.8) is 0 Å². The van der Waals surface area contributed by atoms with Crippen molar-refractivity contribution in [2.24, 2.45) is 0 Å². The topological polar surface area (TPSA) is 88.1 Å². The standard InChI is InChI=1S/C19H17F3N4O2S/c1-4-29(27,28)15-7-13(18(2,3)11-23)9-24-17(15)14-10-26-6-5-12(19(20,21)22)8-16(26)25-14/h5-10H,4H2,1-3H3. The summed E-state index contributed by atoms with van der Waals surface area (Å²) in [7, 11) is -3.74. The molecule has 29 heavy (non-hydrogen) atoms. The molecule has 0 bridgehead atoms. The second-order valence-corrected chi connectivity index (χ2v) is 9.26. The normalized spacial score (nSPS) is 12.9. The first-order valence-corrected chi connectivity index (χ1v) is 10.2. The first kappa shape index (κ1) is 20.8. The molecule has 10 heteroatoms. The number of pyridine rings is 2. The van der Waals surface area contributed by atoms with Crippen LogP contribution in [0.2, 0.25) is 0 Å². The highest BCUT2D eigenvalue weighted by atomic mass is 32.2. The second kappa shape index (κ2) is 6.84. The lowest BCUT2D eigenvalue weighted by molar-refractivity contribution is -0.137. The van der Waals surface area contributed by atoms with Gasteiger partial charge in [0.25, 0.3) is 0 Å². The fourth-order valence-corrected chi connectivity index (χ4v) is 3.78. The Morgan fingerprint density at radius 2 is 1.90 bits per heavy atom. The molecule has 0 amide bonds. The van der Waals surface area contributed by atoms with Gasteiger partial charge in [0.1, 0.15) is 17.0 Å². The summed E-state index contributed by atoms with van der Waals surface area (Å²) in [5.41, 5.74) is -1.25. The van der Waals surface area contributed by atoms with Crippen LogP contribution in [-0.4, -0.2) is 28.5 Å². The van der Waals surface area contributed by atoms with Crippen LogP contribution in [0.3, 0.4) is 0 Å². The van der Waals surface area contributed by atoms with Crippen molar-refractivity contribution in [3.8, 4) is 17.5 Å². The lowest BCUT2D eigenvalue weighted by Gasteiger charge is -2.17. The van der Waals surface area contributed by atoms with Gasteiger partial charge in [-0.25, -0.2) is 13.4 Å². The molecule has 0 saturated carbocycles. The van der Waals surface area contributed by atoms with Crippen LogP contribution in [0.25, 0.3) is 17.0 Å². The Bertz CT molecular complexity index is 1240. The molecular formula is C19H17F3N4O2S. The first-order valence-electron chi connectivity index (χ1n) is 8.60. The summed E-state index contributed by atoms with van der Waals surface area (Å²) < 4.78 is 65.5. The van der Waals surface area contributed by atoms with Gasteiger partial charge in [-0.2, -0.15) is 18.4 Å². The van der Waals surface area contributed by atoms with Crippen LogP contribution in [0.15, 0.2) is 41.7 Å². The van der Waals surface area contributed by atoms with Crippen LogP contribution >= 0.6 is 0 Å². The zero-order chi connectivity index (χ0) is 21.6. The minimum Gasteiger partial charge on any atom is -0.306 e. The Labute approximate surface area is 165 Å². The SMILES string of the molecule is CCS(=O)(=O)c1cc(C(C)(C)C#N)cnc1-c1cn2ccc(C(F)(F)F)cc2n1. The van der Waals surface area contributed by atoms with E-state index in [-0.39, 0.29) is 27.7 Å². The fourth-order valence-electron chi connectivity index (χ4n) is 2.71. The molecule has 0 N–H and O–H groups in total. The van der Waals surface area contributed by atoms with Crippen LogP contribution in [0.4, 0.5) is 13.2 Å². The molecule has 152 valence electrons. The van der Waals surface area contributed by atoms with Crippen LogP contribution in [-0.2, 0) is 21.4 Å². The van der Waals surface area contributed by atoms with Gasteiger partial charge < -0.3 is 4.40 Å². The second-order valence-electron chi connectivity index (χ2n) is 7.02. The summed E-state index contributed by atoms with van der Waals surface area (Å²) in [6.07, 6.45) is -0.511. The van der Waals surface area contributed by atoms with Gasteiger partial charge in [0, 0.05) is 18.6 Å². The zero-order valence-corrected chi connectivity index (χ0v) is 16.6. The van der Waals surface area contributed by atoms with E-state index in [1.54, 1.807) is 13.8 Å². The third kappa shape index (κ3) is 3.82. The van der Waals surface area contributed by atoms with Crippen molar-refractivity contribution in [2.75, 3.05) is 5.75 Å². The molecule has 0 spiro atoms. The molecule has 0 fully saturated rings. The van der Waals surface area contributed by atoms with E-state index in [4.69, 9.17) is 0 Å². The molecular weight excluding hydrogens is 405 g/mol. The van der Waals surface area contributed by atoms with Crippen molar-refractivity contribution in [2.45, 2.75) is 37.3 Å². The van der Waals surface area contributed by atoms with Crippen LogP contribution < -0.4 is 0 Å². The van der Waals surface area contributed by atoms with Crippen LogP contribution in [0.1, 0.15) is 31.9 Å². The quantitative estimate of drug-likeness (QED) is 0.634. The molecule has 0 aliphatic heterocycles. The molecule has 0 aliphatic carbocycles. The number of hydrogen-bond acceptors (Lipinski definition) is 5. The molecule has 0 unspecified atom stereocenters. The monoisotopic (exact) mass is 422 g/mol. The van der Waals surface area contributed by atoms with Crippen molar-refractivity contribution >= 4 is 15.5 Å². The van der Waals surface area contributed by atoms with Gasteiger partial charge in [0.2, 0.25) is 0 Å². The fraction of sp³-hybridized carbons (Fsp3) is 0.316. The van der Waals surface area contributed by atoms with Gasteiger partial charge in [-0.15, -0.1) is 0 Å². The lowest BCUT2D eigenvalue weighted by Crippen LogP contribution is -2.16. The summed E-state index contributed by atoms with van der Waals surface area (Å²) in [6, 6.07) is 5.27. The Balaban J connectivity index is 2.24. The smallest absolute Gasteiger partial charge is 0.306 e. The summed E-state index contributed by atoms with van der Waals surface area (Å²) in [6.45, 7) is 4.74. The number of hydrogen-bond donors (Lipinski definition) is 0. The molecule has 3 rings (SSSR count). The highest BCUT2D eigenvalue weighted by Crippen LogP contribution is 2.33. The third-order valence-electron chi connectivity index (χ3n) is 4.60. The molecule has 3 aromatic rings. The van der Waals surface area contributed by atoms with Gasteiger partial charge in [0.05, 0.1) is 27.7 Å². The summed E-state index contributed by atoms with van der Waals surface area (Å²) >= 11 is 0.